The molecule has 6 heteroatoms. The number of likely N-dealkylation sites (tertiary alicyclic amines) is 1. The lowest BCUT2D eigenvalue weighted by Crippen LogP contribution is -2.40. The molecule has 1 heterocycles. The van der Waals surface area contributed by atoms with Crippen LogP contribution in [0.5, 0.6) is 0 Å². The van der Waals surface area contributed by atoms with Gasteiger partial charge in [0, 0.05) is 26.7 Å². The van der Waals surface area contributed by atoms with E-state index in [1.807, 2.05) is 0 Å². The summed E-state index contributed by atoms with van der Waals surface area (Å²) in [7, 11) is -1.52. The highest BCUT2D eigenvalue weighted by Gasteiger charge is 2.22. The van der Waals surface area contributed by atoms with Crippen LogP contribution in [-0.2, 0) is 14.8 Å². The molecule has 1 aliphatic rings. The molecule has 120 valence electrons. The molecule has 0 aromatic heterocycles. The van der Waals surface area contributed by atoms with Gasteiger partial charge in [-0.1, -0.05) is 19.8 Å². The van der Waals surface area contributed by atoms with Gasteiger partial charge in [0.25, 0.3) is 0 Å². The molecule has 0 spiro atoms. The number of methoxy groups -OCH3 is 1. The summed E-state index contributed by atoms with van der Waals surface area (Å²) in [5.74, 6) is 0.268. The third kappa shape index (κ3) is 6.52. The Balaban J connectivity index is 2.47. The van der Waals surface area contributed by atoms with Gasteiger partial charge >= 0.3 is 0 Å². The maximum absolute atomic E-state index is 12.4. The molecule has 0 aromatic rings. The lowest BCUT2D eigenvalue weighted by Gasteiger charge is -2.24. The average molecular weight is 306 g/mol. The maximum atomic E-state index is 12.4. The number of nitrogens with zero attached hydrogens (tertiary/aromatic N) is 2. The fourth-order valence-corrected chi connectivity index (χ4v) is 4.05. The van der Waals surface area contributed by atoms with E-state index in [1.54, 1.807) is 11.4 Å². The third-order valence-corrected chi connectivity index (χ3v) is 5.76. The van der Waals surface area contributed by atoms with E-state index < -0.39 is 10.0 Å². The summed E-state index contributed by atoms with van der Waals surface area (Å²) in [6.45, 7) is 6.67. The molecule has 0 bridgehead atoms. The van der Waals surface area contributed by atoms with Gasteiger partial charge in [-0.3, -0.25) is 0 Å². The van der Waals surface area contributed by atoms with Crippen molar-refractivity contribution in [2.75, 3.05) is 52.2 Å². The van der Waals surface area contributed by atoms with E-state index in [0.29, 0.717) is 19.7 Å². The van der Waals surface area contributed by atoms with Gasteiger partial charge < -0.3 is 9.64 Å². The van der Waals surface area contributed by atoms with Crippen LogP contribution >= 0.6 is 0 Å². The first-order valence-electron chi connectivity index (χ1n) is 7.79. The van der Waals surface area contributed by atoms with Crippen molar-refractivity contribution in [3.05, 3.63) is 0 Å². The van der Waals surface area contributed by atoms with Crippen LogP contribution < -0.4 is 0 Å². The summed E-state index contributed by atoms with van der Waals surface area (Å²) in [5.41, 5.74) is 0. The fourth-order valence-electron chi connectivity index (χ4n) is 2.51. The third-order valence-electron chi connectivity index (χ3n) is 3.81. The highest BCUT2D eigenvalue weighted by atomic mass is 32.2. The number of sulfonamides is 1. The van der Waals surface area contributed by atoms with Gasteiger partial charge in [0.05, 0.1) is 12.4 Å². The number of ether oxygens (including phenoxy) is 1. The highest BCUT2D eigenvalue weighted by Crippen LogP contribution is 2.10. The molecule has 0 N–H and O–H groups in total. The smallest absolute Gasteiger partial charge is 0.214 e. The number of rotatable bonds is 11. The molecule has 0 unspecified atom stereocenters. The number of hydrogen-bond donors (Lipinski definition) is 0. The van der Waals surface area contributed by atoms with E-state index in [2.05, 4.69) is 11.8 Å². The Kier molecular flexibility index (Phi) is 8.68. The first-order valence-corrected chi connectivity index (χ1v) is 9.40. The van der Waals surface area contributed by atoms with Gasteiger partial charge in [0.2, 0.25) is 10.0 Å². The van der Waals surface area contributed by atoms with E-state index in [4.69, 9.17) is 4.74 Å². The molecule has 0 atom stereocenters. The summed E-state index contributed by atoms with van der Waals surface area (Å²) >= 11 is 0. The molecular weight excluding hydrogens is 276 g/mol. The van der Waals surface area contributed by atoms with Crippen LogP contribution in [0, 0.1) is 0 Å². The summed E-state index contributed by atoms with van der Waals surface area (Å²) in [4.78, 5) is 2.35. The Hall–Kier alpha value is -0.170. The number of hydrogen-bond acceptors (Lipinski definition) is 4. The summed E-state index contributed by atoms with van der Waals surface area (Å²) < 4.78 is 31.4. The molecule has 5 nitrogen and oxygen atoms in total. The van der Waals surface area contributed by atoms with Crippen LogP contribution in [0.15, 0.2) is 0 Å². The molecule has 1 fully saturated rings. The van der Waals surface area contributed by atoms with Crippen LogP contribution in [-0.4, -0.2) is 69.8 Å². The van der Waals surface area contributed by atoms with E-state index in [1.165, 1.54) is 12.8 Å². The minimum atomic E-state index is -3.13. The Morgan fingerprint density at radius 2 is 1.85 bits per heavy atom. The molecule has 1 saturated heterocycles. The molecule has 0 aromatic carbocycles. The molecule has 0 amide bonds. The van der Waals surface area contributed by atoms with Crippen LogP contribution in [0.25, 0.3) is 0 Å². The fraction of sp³-hybridized carbons (Fsp3) is 1.00. The molecule has 0 aliphatic carbocycles. The first-order chi connectivity index (χ1) is 9.60. The standard InChI is InChI=1S/C14H30N2O3S/c1-3-4-7-14-20(17,18)16(12-13-19-2)11-10-15-8-5-6-9-15/h3-14H2,1-2H3. The zero-order valence-corrected chi connectivity index (χ0v) is 13.8. The first kappa shape index (κ1) is 17.9. The molecule has 0 saturated carbocycles. The second-order valence-electron chi connectivity index (χ2n) is 5.46. The minimum absolute atomic E-state index is 0.268. The molecule has 1 rings (SSSR count). The van der Waals surface area contributed by atoms with Gasteiger partial charge in [0.15, 0.2) is 0 Å². The Morgan fingerprint density at radius 1 is 1.15 bits per heavy atom. The quantitative estimate of drug-likeness (QED) is 0.544. The van der Waals surface area contributed by atoms with Crippen molar-refractivity contribution in [3.63, 3.8) is 0 Å². The molecule has 1 aliphatic heterocycles. The minimum Gasteiger partial charge on any atom is -0.383 e. The van der Waals surface area contributed by atoms with Gasteiger partial charge in [-0.15, -0.1) is 0 Å². The van der Waals surface area contributed by atoms with Crippen LogP contribution in [0.3, 0.4) is 0 Å². The van der Waals surface area contributed by atoms with E-state index in [-0.39, 0.29) is 5.75 Å². The largest absolute Gasteiger partial charge is 0.383 e. The normalized spacial score (nSPS) is 17.1. The summed E-state index contributed by atoms with van der Waals surface area (Å²) in [6.07, 6.45) is 5.25. The second-order valence-corrected chi connectivity index (χ2v) is 7.55. The van der Waals surface area contributed by atoms with Crippen molar-refractivity contribution < 1.29 is 13.2 Å². The van der Waals surface area contributed by atoms with Crippen LogP contribution in [0.4, 0.5) is 0 Å². The van der Waals surface area contributed by atoms with Crippen LogP contribution in [0.2, 0.25) is 0 Å². The van der Waals surface area contributed by atoms with Crippen molar-refractivity contribution in [1.82, 2.24) is 9.21 Å². The van der Waals surface area contributed by atoms with E-state index in [0.717, 1.165) is 38.9 Å². The van der Waals surface area contributed by atoms with Crippen molar-refractivity contribution >= 4 is 10.0 Å². The van der Waals surface area contributed by atoms with Crippen molar-refractivity contribution in [3.8, 4) is 0 Å². The van der Waals surface area contributed by atoms with Crippen molar-refractivity contribution in [2.24, 2.45) is 0 Å². The average Bonchev–Trinajstić information content (AvgIpc) is 2.92. The lowest BCUT2D eigenvalue weighted by atomic mass is 10.3. The van der Waals surface area contributed by atoms with E-state index in [9.17, 15) is 8.42 Å². The lowest BCUT2D eigenvalue weighted by molar-refractivity contribution is 0.174. The van der Waals surface area contributed by atoms with E-state index >= 15 is 0 Å². The monoisotopic (exact) mass is 306 g/mol. The Labute approximate surface area is 124 Å². The SMILES string of the molecule is CCCCCS(=O)(=O)N(CCOC)CCN1CCCC1. The number of unbranched alkanes of at least 4 members (excludes halogenated alkanes) is 2. The second kappa shape index (κ2) is 9.71. The van der Waals surface area contributed by atoms with Crippen molar-refractivity contribution in [2.45, 2.75) is 39.0 Å². The molecule has 0 radical (unpaired) electrons. The van der Waals surface area contributed by atoms with Gasteiger partial charge in [0.1, 0.15) is 0 Å². The van der Waals surface area contributed by atoms with Gasteiger partial charge in [-0.05, 0) is 32.4 Å². The van der Waals surface area contributed by atoms with Gasteiger partial charge in [-0.2, -0.15) is 4.31 Å². The van der Waals surface area contributed by atoms with Crippen molar-refractivity contribution in [1.29, 1.82) is 0 Å². The summed E-state index contributed by atoms with van der Waals surface area (Å²) in [5, 5.41) is 0. The molecule has 20 heavy (non-hydrogen) atoms. The zero-order valence-electron chi connectivity index (χ0n) is 13.0. The Bertz CT molecular complexity index is 340. The summed E-state index contributed by atoms with van der Waals surface area (Å²) in [6, 6.07) is 0. The maximum Gasteiger partial charge on any atom is 0.214 e. The predicted molar refractivity (Wildman–Crippen MR) is 82.4 cm³/mol. The molecular formula is C14H30N2O3S. The highest BCUT2D eigenvalue weighted by molar-refractivity contribution is 7.89. The Morgan fingerprint density at radius 3 is 2.45 bits per heavy atom. The predicted octanol–water partition coefficient (Wildman–Crippen LogP) is 1.55. The van der Waals surface area contributed by atoms with Gasteiger partial charge in [-0.25, -0.2) is 8.42 Å². The van der Waals surface area contributed by atoms with Crippen LogP contribution in [0.1, 0.15) is 39.0 Å². The topological polar surface area (TPSA) is 49.9 Å². The zero-order chi connectivity index (χ0) is 14.8.